The van der Waals surface area contributed by atoms with E-state index in [1.165, 1.54) is 0 Å². The quantitative estimate of drug-likeness (QED) is 0.357. The van der Waals surface area contributed by atoms with Crippen LogP contribution in [0, 0.1) is 16.0 Å². The Labute approximate surface area is 162 Å². The summed E-state index contributed by atoms with van der Waals surface area (Å²) in [6.07, 6.45) is -0.984. The van der Waals surface area contributed by atoms with Gasteiger partial charge >= 0.3 is 11.8 Å². The molecule has 154 valence electrons. The number of nitro groups is 1. The highest BCUT2D eigenvalue weighted by molar-refractivity contribution is 7.89. The first-order valence-electron chi connectivity index (χ1n) is 8.57. The molecular formula is C16H22N4O7S. The third-order valence-corrected chi connectivity index (χ3v) is 5.81. The van der Waals surface area contributed by atoms with E-state index in [0.29, 0.717) is 6.54 Å². The van der Waals surface area contributed by atoms with Crippen LogP contribution < -0.4 is 10.6 Å². The highest BCUT2D eigenvalue weighted by atomic mass is 32.2. The van der Waals surface area contributed by atoms with Gasteiger partial charge in [0.05, 0.1) is 23.0 Å². The van der Waals surface area contributed by atoms with Gasteiger partial charge in [-0.15, -0.1) is 0 Å². The summed E-state index contributed by atoms with van der Waals surface area (Å²) in [4.78, 5) is 33.5. The molecule has 12 heteroatoms. The number of sulfonamides is 1. The van der Waals surface area contributed by atoms with Crippen molar-refractivity contribution in [1.29, 1.82) is 0 Å². The summed E-state index contributed by atoms with van der Waals surface area (Å²) in [6.45, 7) is 4.07. The Balaban J connectivity index is 2.02. The Hall–Kier alpha value is -2.57. The molecule has 1 aromatic carbocycles. The molecule has 2 N–H and O–H groups in total. The minimum Gasteiger partial charge on any atom is -0.359 e. The van der Waals surface area contributed by atoms with Gasteiger partial charge in [0.1, 0.15) is 6.23 Å². The van der Waals surface area contributed by atoms with Crippen molar-refractivity contribution in [2.75, 3.05) is 26.2 Å². The van der Waals surface area contributed by atoms with Crippen molar-refractivity contribution in [3.63, 3.8) is 0 Å². The van der Waals surface area contributed by atoms with Gasteiger partial charge in [-0.05, 0) is 18.1 Å². The van der Waals surface area contributed by atoms with Gasteiger partial charge in [0.2, 0.25) is 10.0 Å². The summed E-state index contributed by atoms with van der Waals surface area (Å²) < 4.78 is 31.9. The second-order valence-electron chi connectivity index (χ2n) is 6.51. The van der Waals surface area contributed by atoms with Crippen molar-refractivity contribution in [2.24, 2.45) is 5.92 Å². The molecule has 1 fully saturated rings. The summed E-state index contributed by atoms with van der Waals surface area (Å²) in [5.41, 5.74) is -0.229. The molecule has 1 saturated heterocycles. The molecule has 0 radical (unpaired) electrons. The SMILES string of the molecule is CC(C)CNC(=O)C(=O)NCC1OCCN1S(=O)(=O)c1ccc([N+](=O)[O-])cc1. The minimum atomic E-state index is -3.99. The Morgan fingerprint density at radius 3 is 2.43 bits per heavy atom. The second kappa shape index (κ2) is 9.08. The predicted molar refractivity (Wildman–Crippen MR) is 97.6 cm³/mol. The molecule has 2 rings (SSSR count). The van der Waals surface area contributed by atoms with Crippen LogP contribution in [0.15, 0.2) is 29.2 Å². The topological polar surface area (TPSA) is 148 Å². The van der Waals surface area contributed by atoms with Crippen molar-refractivity contribution in [3.05, 3.63) is 34.4 Å². The number of nitrogens with one attached hydrogen (secondary N) is 2. The van der Waals surface area contributed by atoms with E-state index in [1.807, 2.05) is 13.8 Å². The van der Waals surface area contributed by atoms with Gasteiger partial charge < -0.3 is 15.4 Å². The number of nitrogens with zero attached hydrogens (tertiary/aromatic N) is 2. The number of rotatable bonds is 7. The highest BCUT2D eigenvalue weighted by Crippen LogP contribution is 2.23. The van der Waals surface area contributed by atoms with E-state index in [2.05, 4.69) is 10.6 Å². The van der Waals surface area contributed by atoms with Gasteiger partial charge in [-0.25, -0.2) is 8.42 Å². The van der Waals surface area contributed by atoms with Crippen molar-refractivity contribution in [2.45, 2.75) is 25.0 Å². The maximum absolute atomic E-state index is 12.8. The molecule has 1 aromatic rings. The fourth-order valence-electron chi connectivity index (χ4n) is 2.45. The van der Waals surface area contributed by atoms with Crippen molar-refractivity contribution < 1.29 is 27.7 Å². The normalized spacial score (nSPS) is 17.5. The van der Waals surface area contributed by atoms with Gasteiger partial charge in [-0.1, -0.05) is 13.8 Å². The number of carbonyl (C=O) groups is 2. The maximum Gasteiger partial charge on any atom is 0.309 e. The number of hydrogen-bond acceptors (Lipinski definition) is 7. The largest absolute Gasteiger partial charge is 0.359 e. The molecule has 1 aliphatic heterocycles. The number of ether oxygens (including phenoxy) is 1. The van der Waals surface area contributed by atoms with E-state index in [4.69, 9.17) is 4.74 Å². The summed E-state index contributed by atoms with van der Waals surface area (Å²) in [5.74, 6) is -1.52. The molecule has 1 atom stereocenters. The molecule has 0 aromatic heterocycles. The Bertz CT molecular complexity index is 839. The zero-order chi connectivity index (χ0) is 20.9. The summed E-state index contributed by atoms with van der Waals surface area (Å²) in [6, 6.07) is 4.47. The molecule has 1 heterocycles. The van der Waals surface area contributed by atoms with Crippen LogP contribution in [-0.2, 0) is 24.3 Å². The van der Waals surface area contributed by atoms with E-state index < -0.39 is 33.0 Å². The first-order valence-corrected chi connectivity index (χ1v) is 10.0. The highest BCUT2D eigenvalue weighted by Gasteiger charge is 2.36. The van der Waals surface area contributed by atoms with Crippen LogP contribution in [-0.4, -0.2) is 61.9 Å². The lowest BCUT2D eigenvalue weighted by Crippen LogP contribution is -2.47. The lowest BCUT2D eigenvalue weighted by Gasteiger charge is -2.22. The van der Waals surface area contributed by atoms with Crippen molar-refractivity contribution in [1.82, 2.24) is 14.9 Å². The van der Waals surface area contributed by atoms with Crippen LogP contribution in [0.25, 0.3) is 0 Å². The number of non-ortho nitro benzene ring substituents is 1. The molecule has 0 saturated carbocycles. The van der Waals surface area contributed by atoms with Gasteiger partial charge in [-0.3, -0.25) is 19.7 Å². The molecular weight excluding hydrogens is 392 g/mol. The van der Waals surface area contributed by atoms with Crippen LogP contribution in [0.4, 0.5) is 5.69 Å². The van der Waals surface area contributed by atoms with Gasteiger partial charge in [0, 0.05) is 25.2 Å². The third kappa shape index (κ3) is 5.24. The monoisotopic (exact) mass is 414 g/mol. The molecule has 11 nitrogen and oxygen atoms in total. The zero-order valence-corrected chi connectivity index (χ0v) is 16.3. The first-order chi connectivity index (χ1) is 13.1. The average Bonchev–Trinajstić information content (AvgIpc) is 3.13. The predicted octanol–water partition coefficient (Wildman–Crippen LogP) is -0.170. The van der Waals surface area contributed by atoms with E-state index in [0.717, 1.165) is 28.6 Å². The molecule has 2 amide bonds. The Kier molecular flexibility index (Phi) is 7.05. The summed E-state index contributed by atoms with van der Waals surface area (Å²) in [5, 5.41) is 15.5. The standard InChI is InChI=1S/C16H22N4O7S/c1-11(2)9-17-15(21)16(22)18-10-14-19(7-8-27-14)28(25,26)13-5-3-12(4-6-13)20(23)24/h3-6,11,14H,7-10H2,1-2H3,(H,17,21)(H,18,22). The lowest BCUT2D eigenvalue weighted by molar-refractivity contribution is -0.384. The van der Waals surface area contributed by atoms with Gasteiger partial charge in [-0.2, -0.15) is 4.31 Å². The third-order valence-electron chi connectivity index (χ3n) is 3.91. The fourth-order valence-corrected chi connectivity index (χ4v) is 3.96. The van der Waals surface area contributed by atoms with Gasteiger partial charge in [0.25, 0.3) is 5.69 Å². The minimum absolute atomic E-state index is 0.0550. The van der Waals surface area contributed by atoms with Crippen LogP contribution in [0.5, 0.6) is 0 Å². The Morgan fingerprint density at radius 2 is 1.86 bits per heavy atom. The summed E-state index contributed by atoms with van der Waals surface area (Å²) in [7, 11) is -3.99. The molecule has 0 bridgehead atoms. The Morgan fingerprint density at radius 1 is 1.25 bits per heavy atom. The number of carbonyl (C=O) groups excluding carboxylic acids is 2. The number of nitro benzene ring substituents is 1. The lowest BCUT2D eigenvalue weighted by atomic mass is 10.2. The van der Waals surface area contributed by atoms with Crippen LogP contribution in [0.3, 0.4) is 0 Å². The van der Waals surface area contributed by atoms with Crippen molar-refractivity contribution in [3.8, 4) is 0 Å². The average molecular weight is 414 g/mol. The van der Waals surface area contributed by atoms with Crippen LogP contribution in [0.2, 0.25) is 0 Å². The molecule has 0 spiro atoms. The van der Waals surface area contributed by atoms with Crippen molar-refractivity contribution >= 4 is 27.5 Å². The van der Waals surface area contributed by atoms with E-state index in [9.17, 15) is 28.1 Å². The maximum atomic E-state index is 12.8. The van der Waals surface area contributed by atoms with Crippen LogP contribution >= 0.6 is 0 Å². The fraction of sp³-hybridized carbons (Fsp3) is 0.500. The smallest absolute Gasteiger partial charge is 0.309 e. The van der Waals surface area contributed by atoms with Gasteiger partial charge in [0.15, 0.2) is 0 Å². The zero-order valence-electron chi connectivity index (χ0n) is 15.5. The molecule has 0 aliphatic carbocycles. The molecule has 1 unspecified atom stereocenters. The number of benzene rings is 1. The molecule has 1 aliphatic rings. The molecule has 28 heavy (non-hydrogen) atoms. The first kappa shape index (κ1) is 21.7. The second-order valence-corrected chi connectivity index (χ2v) is 8.40. The summed E-state index contributed by atoms with van der Waals surface area (Å²) >= 11 is 0. The van der Waals surface area contributed by atoms with E-state index >= 15 is 0 Å². The van der Waals surface area contributed by atoms with E-state index in [1.54, 1.807) is 0 Å². The number of hydrogen-bond donors (Lipinski definition) is 2. The van der Waals surface area contributed by atoms with E-state index in [-0.39, 0.29) is 36.2 Å². The van der Waals surface area contributed by atoms with Crippen LogP contribution in [0.1, 0.15) is 13.8 Å². The number of amides is 2.